The van der Waals surface area contributed by atoms with Crippen molar-refractivity contribution in [3.05, 3.63) is 35.9 Å². The zero-order valence-corrected chi connectivity index (χ0v) is 7.49. The monoisotopic (exact) mass is 162 g/mol. The summed E-state index contributed by atoms with van der Waals surface area (Å²) in [4.78, 5) is 0. The molecule has 0 aliphatic rings. The first-order chi connectivity index (χ1) is 5.68. The molecule has 1 heteroatoms. The molecule has 1 rings (SSSR count). The fraction of sp³-hybridized carbons (Fsp3) is 0.273. The van der Waals surface area contributed by atoms with Gasteiger partial charge < -0.3 is 5.11 Å². The lowest BCUT2D eigenvalue weighted by atomic mass is 10.1. The highest BCUT2D eigenvalue weighted by atomic mass is 16.3. The first-order valence-electron chi connectivity index (χ1n) is 4.16. The zero-order chi connectivity index (χ0) is 8.97. The molecule has 0 aromatic heterocycles. The molecule has 0 saturated carbocycles. The summed E-state index contributed by atoms with van der Waals surface area (Å²) in [6.45, 7) is 4.25. The van der Waals surface area contributed by atoms with Gasteiger partial charge in [-0.1, -0.05) is 38.1 Å². The smallest absolute Gasteiger partial charge is 0.116 e. The van der Waals surface area contributed by atoms with Gasteiger partial charge in [-0.05, 0) is 23.6 Å². The molecular weight excluding hydrogens is 148 g/mol. The van der Waals surface area contributed by atoms with Gasteiger partial charge in [-0.2, -0.15) is 0 Å². The Balaban J connectivity index is 2.76. The van der Waals surface area contributed by atoms with Crippen LogP contribution in [0.25, 0.3) is 6.08 Å². The normalized spacial score (nSPS) is 11.2. The molecule has 0 heterocycles. The van der Waals surface area contributed by atoms with Gasteiger partial charge in [0.05, 0.1) is 0 Å². The standard InChI is InChI=1S/C11H14O/c1-9(2)6-7-10-4-3-5-11(12)8-10/h3-9,12H,1-2H3. The summed E-state index contributed by atoms with van der Waals surface area (Å²) >= 11 is 0. The number of allylic oxidation sites excluding steroid dienone is 1. The lowest BCUT2D eigenvalue weighted by Gasteiger charge is -1.96. The Morgan fingerprint density at radius 1 is 1.33 bits per heavy atom. The molecule has 64 valence electrons. The van der Waals surface area contributed by atoms with E-state index in [2.05, 4.69) is 19.9 Å². The summed E-state index contributed by atoms with van der Waals surface area (Å²) in [5, 5.41) is 9.14. The maximum atomic E-state index is 9.14. The van der Waals surface area contributed by atoms with Crippen molar-refractivity contribution in [1.29, 1.82) is 0 Å². The Morgan fingerprint density at radius 3 is 2.67 bits per heavy atom. The molecule has 0 aliphatic heterocycles. The average molecular weight is 162 g/mol. The molecule has 0 unspecified atom stereocenters. The van der Waals surface area contributed by atoms with Crippen LogP contribution >= 0.6 is 0 Å². The molecule has 0 aliphatic carbocycles. The molecule has 0 radical (unpaired) electrons. The van der Waals surface area contributed by atoms with Crippen molar-refractivity contribution in [3.63, 3.8) is 0 Å². The van der Waals surface area contributed by atoms with Gasteiger partial charge in [0.25, 0.3) is 0 Å². The van der Waals surface area contributed by atoms with Crippen LogP contribution in [0.1, 0.15) is 19.4 Å². The molecule has 1 aromatic carbocycles. The van der Waals surface area contributed by atoms with E-state index < -0.39 is 0 Å². The van der Waals surface area contributed by atoms with Gasteiger partial charge in [-0.25, -0.2) is 0 Å². The van der Waals surface area contributed by atoms with Crippen LogP contribution in [0.3, 0.4) is 0 Å². The number of hydrogen-bond acceptors (Lipinski definition) is 1. The second-order valence-corrected chi connectivity index (χ2v) is 3.20. The van der Waals surface area contributed by atoms with E-state index in [0.717, 1.165) is 5.56 Å². The summed E-state index contributed by atoms with van der Waals surface area (Å²) in [6, 6.07) is 7.24. The summed E-state index contributed by atoms with van der Waals surface area (Å²) in [7, 11) is 0. The Bertz CT molecular complexity index is 274. The highest BCUT2D eigenvalue weighted by Crippen LogP contribution is 2.12. The minimum absolute atomic E-state index is 0.320. The summed E-state index contributed by atoms with van der Waals surface area (Å²) in [5.41, 5.74) is 1.05. The Kier molecular flexibility index (Phi) is 2.92. The van der Waals surface area contributed by atoms with Crippen molar-refractivity contribution in [2.45, 2.75) is 13.8 Å². The molecule has 0 atom stereocenters. The number of phenolic OH excluding ortho intramolecular Hbond substituents is 1. The SMILES string of the molecule is CC(C)C=Cc1cccc(O)c1. The molecule has 0 fully saturated rings. The van der Waals surface area contributed by atoms with E-state index in [9.17, 15) is 0 Å². The highest BCUT2D eigenvalue weighted by molar-refractivity contribution is 5.51. The highest BCUT2D eigenvalue weighted by Gasteiger charge is 1.89. The molecule has 1 aromatic rings. The van der Waals surface area contributed by atoms with Crippen molar-refractivity contribution < 1.29 is 5.11 Å². The van der Waals surface area contributed by atoms with Crippen molar-refractivity contribution in [2.75, 3.05) is 0 Å². The van der Waals surface area contributed by atoms with E-state index in [-0.39, 0.29) is 0 Å². The largest absolute Gasteiger partial charge is 0.508 e. The quantitative estimate of drug-likeness (QED) is 0.708. The van der Waals surface area contributed by atoms with Gasteiger partial charge in [-0.15, -0.1) is 0 Å². The van der Waals surface area contributed by atoms with Crippen molar-refractivity contribution >= 4 is 6.08 Å². The zero-order valence-electron chi connectivity index (χ0n) is 7.49. The third-order valence-electron chi connectivity index (χ3n) is 1.54. The number of aromatic hydroxyl groups is 1. The second-order valence-electron chi connectivity index (χ2n) is 3.20. The van der Waals surface area contributed by atoms with E-state index in [0.29, 0.717) is 11.7 Å². The molecule has 0 saturated heterocycles. The number of hydrogen-bond donors (Lipinski definition) is 1. The predicted molar refractivity (Wildman–Crippen MR) is 52.0 cm³/mol. The fourth-order valence-electron chi connectivity index (χ4n) is 0.932. The molecule has 0 bridgehead atoms. The Labute approximate surface area is 73.4 Å². The van der Waals surface area contributed by atoms with Crippen molar-refractivity contribution in [1.82, 2.24) is 0 Å². The van der Waals surface area contributed by atoms with E-state index in [1.165, 1.54) is 0 Å². The van der Waals surface area contributed by atoms with E-state index in [1.807, 2.05) is 18.2 Å². The van der Waals surface area contributed by atoms with Crippen LogP contribution in [0.5, 0.6) is 5.75 Å². The van der Waals surface area contributed by atoms with E-state index >= 15 is 0 Å². The van der Waals surface area contributed by atoms with Crippen LogP contribution in [0.2, 0.25) is 0 Å². The first kappa shape index (κ1) is 8.85. The minimum atomic E-state index is 0.320. The molecule has 1 N–H and O–H groups in total. The van der Waals surface area contributed by atoms with Crippen LogP contribution in [0.4, 0.5) is 0 Å². The van der Waals surface area contributed by atoms with Gasteiger partial charge >= 0.3 is 0 Å². The van der Waals surface area contributed by atoms with Gasteiger partial charge in [0, 0.05) is 0 Å². The Morgan fingerprint density at radius 2 is 2.08 bits per heavy atom. The summed E-state index contributed by atoms with van der Waals surface area (Å²) in [6.07, 6.45) is 4.12. The lowest BCUT2D eigenvalue weighted by molar-refractivity contribution is 0.475. The third-order valence-corrected chi connectivity index (χ3v) is 1.54. The van der Waals surface area contributed by atoms with Crippen LogP contribution < -0.4 is 0 Å². The van der Waals surface area contributed by atoms with Crippen LogP contribution in [0.15, 0.2) is 30.3 Å². The van der Waals surface area contributed by atoms with Gasteiger partial charge in [0.15, 0.2) is 0 Å². The number of phenols is 1. The first-order valence-corrected chi connectivity index (χ1v) is 4.16. The minimum Gasteiger partial charge on any atom is -0.508 e. The molecule has 12 heavy (non-hydrogen) atoms. The van der Waals surface area contributed by atoms with Crippen molar-refractivity contribution in [2.24, 2.45) is 5.92 Å². The number of rotatable bonds is 2. The van der Waals surface area contributed by atoms with Crippen molar-refractivity contribution in [3.8, 4) is 5.75 Å². The maximum Gasteiger partial charge on any atom is 0.116 e. The van der Waals surface area contributed by atoms with Gasteiger partial charge in [-0.3, -0.25) is 0 Å². The topological polar surface area (TPSA) is 20.2 Å². The molecule has 0 amide bonds. The summed E-state index contributed by atoms with van der Waals surface area (Å²) in [5.74, 6) is 0.869. The Hall–Kier alpha value is -1.24. The van der Waals surface area contributed by atoms with E-state index in [4.69, 9.17) is 5.11 Å². The maximum absolute atomic E-state index is 9.14. The fourth-order valence-corrected chi connectivity index (χ4v) is 0.932. The van der Waals surface area contributed by atoms with Crippen LogP contribution in [-0.4, -0.2) is 5.11 Å². The van der Waals surface area contributed by atoms with Gasteiger partial charge in [0.1, 0.15) is 5.75 Å². The predicted octanol–water partition coefficient (Wildman–Crippen LogP) is 3.06. The lowest BCUT2D eigenvalue weighted by Crippen LogP contribution is -1.77. The average Bonchev–Trinajstić information content (AvgIpc) is 2.01. The second kappa shape index (κ2) is 3.96. The molecular formula is C11H14O. The van der Waals surface area contributed by atoms with Crippen LogP contribution in [-0.2, 0) is 0 Å². The summed E-state index contributed by atoms with van der Waals surface area (Å²) < 4.78 is 0. The number of benzene rings is 1. The molecule has 1 nitrogen and oxygen atoms in total. The van der Waals surface area contributed by atoms with Gasteiger partial charge in [0.2, 0.25) is 0 Å². The molecule has 0 spiro atoms. The third kappa shape index (κ3) is 2.79. The van der Waals surface area contributed by atoms with Crippen LogP contribution in [0, 0.1) is 5.92 Å². The van der Waals surface area contributed by atoms with E-state index in [1.54, 1.807) is 12.1 Å².